The van der Waals surface area contributed by atoms with Gasteiger partial charge in [0.2, 0.25) is 0 Å². The van der Waals surface area contributed by atoms with Gasteiger partial charge in [0, 0.05) is 36.8 Å². The summed E-state index contributed by atoms with van der Waals surface area (Å²) in [6.07, 6.45) is 6.19. The lowest BCUT2D eigenvalue weighted by molar-refractivity contribution is 0.866. The van der Waals surface area contributed by atoms with Crippen molar-refractivity contribution in [1.29, 1.82) is 0 Å². The molecular formula is C17H22N4. The third-order valence-corrected chi connectivity index (χ3v) is 4.09. The number of rotatable bonds is 5. The summed E-state index contributed by atoms with van der Waals surface area (Å²) in [5.41, 5.74) is 4.56. The SMILES string of the molecule is CCc1ccc(Cc2nc(C3CC3)nc(NC)c2C)nc1. The molecule has 0 unspecified atom stereocenters. The zero-order chi connectivity index (χ0) is 14.8. The van der Waals surface area contributed by atoms with Crippen LogP contribution in [-0.2, 0) is 12.8 Å². The Kier molecular flexibility index (Phi) is 3.86. The number of hydrogen-bond donors (Lipinski definition) is 1. The van der Waals surface area contributed by atoms with Crippen LogP contribution in [0.4, 0.5) is 5.82 Å². The summed E-state index contributed by atoms with van der Waals surface area (Å²) >= 11 is 0. The molecule has 110 valence electrons. The lowest BCUT2D eigenvalue weighted by Crippen LogP contribution is -2.08. The molecule has 21 heavy (non-hydrogen) atoms. The molecule has 2 aromatic rings. The van der Waals surface area contributed by atoms with Crippen molar-refractivity contribution in [3.63, 3.8) is 0 Å². The zero-order valence-corrected chi connectivity index (χ0v) is 13.0. The van der Waals surface area contributed by atoms with Gasteiger partial charge < -0.3 is 5.32 Å². The summed E-state index contributed by atoms with van der Waals surface area (Å²) in [7, 11) is 1.92. The van der Waals surface area contributed by atoms with Crippen molar-refractivity contribution >= 4 is 5.82 Å². The van der Waals surface area contributed by atoms with Crippen molar-refractivity contribution in [1.82, 2.24) is 15.0 Å². The second-order valence-electron chi connectivity index (χ2n) is 5.71. The predicted octanol–water partition coefficient (Wildman–Crippen LogP) is 3.25. The average Bonchev–Trinajstić information content (AvgIpc) is 3.35. The van der Waals surface area contributed by atoms with E-state index in [4.69, 9.17) is 4.98 Å². The first-order chi connectivity index (χ1) is 10.2. The summed E-state index contributed by atoms with van der Waals surface area (Å²) < 4.78 is 0. The van der Waals surface area contributed by atoms with Crippen LogP contribution in [0.2, 0.25) is 0 Å². The Labute approximate surface area is 126 Å². The lowest BCUT2D eigenvalue weighted by Gasteiger charge is -2.12. The fourth-order valence-corrected chi connectivity index (χ4v) is 2.46. The van der Waals surface area contributed by atoms with Gasteiger partial charge >= 0.3 is 0 Å². The standard InChI is InChI=1S/C17H22N4/c1-4-12-5-8-14(19-10-12)9-15-11(2)16(18-3)21-17(20-15)13-6-7-13/h5,8,10,13H,4,6-7,9H2,1-3H3,(H,18,20,21). The van der Waals surface area contributed by atoms with E-state index in [-0.39, 0.29) is 0 Å². The average molecular weight is 282 g/mol. The Balaban J connectivity index is 1.90. The van der Waals surface area contributed by atoms with Gasteiger partial charge in [-0.2, -0.15) is 0 Å². The molecule has 3 rings (SSSR count). The zero-order valence-electron chi connectivity index (χ0n) is 13.0. The van der Waals surface area contributed by atoms with Gasteiger partial charge in [-0.15, -0.1) is 0 Å². The highest BCUT2D eigenvalue weighted by atomic mass is 15.0. The van der Waals surface area contributed by atoms with Gasteiger partial charge in [-0.25, -0.2) is 9.97 Å². The van der Waals surface area contributed by atoms with Crippen molar-refractivity contribution in [3.05, 3.63) is 46.7 Å². The molecule has 0 aromatic carbocycles. The van der Waals surface area contributed by atoms with Crippen molar-refractivity contribution in [2.75, 3.05) is 12.4 Å². The highest BCUT2D eigenvalue weighted by molar-refractivity contribution is 5.46. The minimum absolute atomic E-state index is 0.562. The third kappa shape index (κ3) is 3.04. The van der Waals surface area contributed by atoms with Gasteiger partial charge in [0.1, 0.15) is 11.6 Å². The van der Waals surface area contributed by atoms with E-state index in [9.17, 15) is 0 Å². The molecule has 0 bridgehead atoms. The minimum atomic E-state index is 0.562. The van der Waals surface area contributed by atoms with Crippen molar-refractivity contribution < 1.29 is 0 Å². The second kappa shape index (κ2) is 5.80. The molecule has 1 N–H and O–H groups in total. The predicted molar refractivity (Wildman–Crippen MR) is 84.7 cm³/mol. The molecule has 0 spiro atoms. The first-order valence-electron chi connectivity index (χ1n) is 7.70. The number of nitrogens with one attached hydrogen (secondary N) is 1. The van der Waals surface area contributed by atoms with Crippen LogP contribution in [0.5, 0.6) is 0 Å². The Morgan fingerprint density at radius 3 is 2.62 bits per heavy atom. The number of hydrogen-bond acceptors (Lipinski definition) is 4. The topological polar surface area (TPSA) is 50.7 Å². The Morgan fingerprint density at radius 1 is 1.24 bits per heavy atom. The summed E-state index contributed by atoms with van der Waals surface area (Å²) in [6.45, 7) is 4.23. The summed E-state index contributed by atoms with van der Waals surface area (Å²) in [5, 5.41) is 3.19. The van der Waals surface area contributed by atoms with Crippen LogP contribution in [0.3, 0.4) is 0 Å². The third-order valence-electron chi connectivity index (χ3n) is 4.09. The molecular weight excluding hydrogens is 260 g/mol. The first-order valence-corrected chi connectivity index (χ1v) is 7.70. The molecule has 0 saturated heterocycles. The van der Waals surface area contributed by atoms with Crippen molar-refractivity contribution in [2.45, 2.75) is 45.4 Å². The van der Waals surface area contributed by atoms with E-state index in [1.807, 2.05) is 13.2 Å². The molecule has 1 aliphatic rings. The van der Waals surface area contributed by atoms with Crippen LogP contribution in [0.15, 0.2) is 18.3 Å². The largest absolute Gasteiger partial charge is 0.373 e. The van der Waals surface area contributed by atoms with E-state index in [1.54, 1.807) is 0 Å². The van der Waals surface area contributed by atoms with E-state index in [1.165, 1.54) is 18.4 Å². The van der Waals surface area contributed by atoms with Crippen molar-refractivity contribution in [2.24, 2.45) is 0 Å². The van der Waals surface area contributed by atoms with Crippen molar-refractivity contribution in [3.8, 4) is 0 Å². The van der Waals surface area contributed by atoms with E-state index >= 15 is 0 Å². The quantitative estimate of drug-likeness (QED) is 0.914. The molecule has 2 heterocycles. The van der Waals surface area contributed by atoms with Crippen LogP contribution in [-0.4, -0.2) is 22.0 Å². The maximum absolute atomic E-state index is 4.79. The smallest absolute Gasteiger partial charge is 0.134 e. The number of nitrogens with zero attached hydrogens (tertiary/aromatic N) is 3. The molecule has 4 nitrogen and oxygen atoms in total. The monoisotopic (exact) mass is 282 g/mol. The van der Waals surface area contributed by atoms with Crippen LogP contribution in [0, 0.1) is 6.92 Å². The molecule has 0 aliphatic heterocycles. The van der Waals surface area contributed by atoms with Crippen LogP contribution in [0.25, 0.3) is 0 Å². The molecule has 1 aliphatic carbocycles. The number of aryl methyl sites for hydroxylation is 1. The van der Waals surface area contributed by atoms with Crippen LogP contribution < -0.4 is 5.32 Å². The highest BCUT2D eigenvalue weighted by Crippen LogP contribution is 2.39. The van der Waals surface area contributed by atoms with E-state index < -0.39 is 0 Å². The second-order valence-corrected chi connectivity index (χ2v) is 5.71. The van der Waals surface area contributed by atoms with Gasteiger partial charge in [-0.05, 0) is 37.8 Å². The fourth-order valence-electron chi connectivity index (χ4n) is 2.46. The van der Waals surface area contributed by atoms with E-state index in [0.29, 0.717) is 5.92 Å². The Bertz CT molecular complexity index is 630. The molecule has 4 heteroatoms. The molecule has 1 fully saturated rings. The van der Waals surface area contributed by atoms with Gasteiger partial charge in [-0.3, -0.25) is 4.98 Å². The molecule has 0 amide bonds. The van der Waals surface area contributed by atoms with Gasteiger partial charge in [0.15, 0.2) is 0 Å². The van der Waals surface area contributed by atoms with E-state index in [2.05, 4.69) is 41.3 Å². The number of aromatic nitrogens is 3. The van der Waals surface area contributed by atoms with Crippen LogP contribution in [0.1, 0.15) is 54.0 Å². The number of pyridine rings is 1. The summed E-state index contributed by atoms with van der Waals surface area (Å²) in [5.74, 6) is 2.50. The lowest BCUT2D eigenvalue weighted by atomic mass is 10.1. The van der Waals surface area contributed by atoms with E-state index in [0.717, 1.165) is 41.4 Å². The minimum Gasteiger partial charge on any atom is -0.373 e. The maximum Gasteiger partial charge on any atom is 0.134 e. The maximum atomic E-state index is 4.79. The Morgan fingerprint density at radius 2 is 2.05 bits per heavy atom. The van der Waals surface area contributed by atoms with Gasteiger partial charge in [0.25, 0.3) is 0 Å². The molecule has 2 aromatic heterocycles. The summed E-state index contributed by atoms with van der Waals surface area (Å²) in [6, 6.07) is 4.26. The molecule has 1 saturated carbocycles. The fraction of sp³-hybridized carbons (Fsp3) is 0.471. The van der Waals surface area contributed by atoms with Gasteiger partial charge in [0.05, 0.1) is 5.69 Å². The highest BCUT2D eigenvalue weighted by Gasteiger charge is 2.28. The first kappa shape index (κ1) is 14.0. The van der Waals surface area contributed by atoms with Gasteiger partial charge in [-0.1, -0.05) is 13.0 Å². The summed E-state index contributed by atoms with van der Waals surface area (Å²) in [4.78, 5) is 14.0. The normalized spacial score (nSPS) is 14.2. The molecule has 0 atom stereocenters. The molecule has 0 radical (unpaired) electrons. The Hall–Kier alpha value is -1.97. The van der Waals surface area contributed by atoms with Crippen LogP contribution >= 0.6 is 0 Å². The number of anilines is 1.